The number of amides is 3. The third kappa shape index (κ3) is 9.29. The van der Waals surface area contributed by atoms with E-state index in [1.807, 2.05) is 0 Å². The van der Waals surface area contributed by atoms with Crippen molar-refractivity contribution in [2.75, 3.05) is 19.7 Å². The molecule has 1 aromatic rings. The van der Waals surface area contributed by atoms with E-state index in [2.05, 4.69) is 10.6 Å². The molecule has 0 aliphatic carbocycles. The molecule has 0 bridgehead atoms. The Labute approximate surface area is 201 Å². The average molecular weight is 480 g/mol. The van der Waals surface area contributed by atoms with Crippen molar-refractivity contribution in [3.05, 3.63) is 29.3 Å². The minimum absolute atomic E-state index is 0.0171. The van der Waals surface area contributed by atoms with Gasteiger partial charge in [0.05, 0.1) is 13.0 Å². The Balaban J connectivity index is 3.15. The quantitative estimate of drug-likeness (QED) is 0.439. The predicted molar refractivity (Wildman–Crippen MR) is 126 cm³/mol. The molecule has 0 saturated carbocycles. The molecule has 0 saturated heterocycles. The van der Waals surface area contributed by atoms with Crippen LogP contribution in [0, 0.1) is 6.92 Å². The van der Waals surface area contributed by atoms with Crippen LogP contribution in [-0.2, 0) is 23.9 Å². The molecule has 34 heavy (non-hydrogen) atoms. The Morgan fingerprint density at radius 3 is 2.29 bits per heavy atom. The van der Waals surface area contributed by atoms with Crippen LogP contribution in [0.4, 0.5) is 4.79 Å². The van der Waals surface area contributed by atoms with E-state index in [-0.39, 0.29) is 31.9 Å². The van der Waals surface area contributed by atoms with Gasteiger partial charge in [0, 0.05) is 12.6 Å². The molecule has 0 spiro atoms. The van der Waals surface area contributed by atoms with Gasteiger partial charge in [0.2, 0.25) is 11.8 Å². The smallest absolute Gasteiger partial charge is 0.408 e. The summed E-state index contributed by atoms with van der Waals surface area (Å²) in [7, 11) is 0. The maximum atomic E-state index is 13.2. The number of rotatable bonds is 10. The Hall–Kier alpha value is -3.30. The number of carbonyl (C=O) groups is 4. The summed E-state index contributed by atoms with van der Waals surface area (Å²) in [5.41, 5.74) is 0.281. The molecule has 190 valence electrons. The first kappa shape index (κ1) is 28.7. The maximum Gasteiger partial charge on any atom is 0.408 e. The first-order valence-electron chi connectivity index (χ1n) is 11.3. The largest absolute Gasteiger partial charge is 0.508 e. The summed E-state index contributed by atoms with van der Waals surface area (Å²) in [6.45, 7) is 11.9. The standard InChI is InChI=1S/C24H37N3O7/c1-8-33-20(30)11-12-25-22(31)21(17-9-10-18(28)16(4)13-17)27(15(2)3)19(29)14-26-23(32)34-24(5,6)7/h9-10,13,15,21,28H,8,11-12,14H2,1-7H3,(H,25,31)(H,26,32). The zero-order valence-corrected chi connectivity index (χ0v) is 21.1. The van der Waals surface area contributed by atoms with Crippen LogP contribution >= 0.6 is 0 Å². The number of nitrogens with one attached hydrogen (secondary N) is 2. The zero-order valence-electron chi connectivity index (χ0n) is 21.1. The van der Waals surface area contributed by atoms with Crippen LogP contribution in [-0.4, -0.2) is 65.2 Å². The molecule has 1 rings (SSSR count). The number of ether oxygens (including phenoxy) is 2. The number of benzene rings is 1. The van der Waals surface area contributed by atoms with Gasteiger partial charge in [0.15, 0.2) is 0 Å². The van der Waals surface area contributed by atoms with Gasteiger partial charge in [0.25, 0.3) is 0 Å². The Kier molecular flexibility index (Phi) is 10.8. The van der Waals surface area contributed by atoms with E-state index in [4.69, 9.17) is 9.47 Å². The van der Waals surface area contributed by atoms with Crippen molar-refractivity contribution >= 4 is 23.9 Å². The number of carbonyl (C=O) groups excluding carboxylic acids is 4. The Bertz CT molecular complexity index is 878. The molecular formula is C24H37N3O7. The van der Waals surface area contributed by atoms with E-state index < -0.39 is 41.6 Å². The van der Waals surface area contributed by atoms with E-state index >= 15 is 0 Å². The monoisotopic (exact) mass is 479 g/mol. The number of aryl methyl sites for hydroxylation is 1. The van der Waals surface area contributed by atoms with Crippen LogP contribution in [0.15, 0.2) is 18.2 Å². The van der Waals surface area contributed by atoms with Gasteiger partial charge < -0.3 is 30.1 Å². The van der Waals surface area contributed by atoms with Crippen molar-refractivity contribution in [2.24, 2.45) is 0 Å². The third-order valence-electron chi connectivity index (χ3n) is 4.62. The number of aromatic hydroxyl groups is 1. The topological polar surface area (TPSA) is 134 Å². The highest BCUT2D eigenvalue weighted by molar-refractivity contribution is 5.91. The molecule has 1 aromatic carbocycles. The number of hydrogen-bond donors (Lipinski definition) is 3. The highest BCUT2D eigenvalue weighted by atomic mass is 16.6. The van der Waals surface area contributed by atoms with Gasteiger partial charge in [-0.15, -0.1) is 0 Å². The van der Waals surface area contributed by atoms with Crippen molar-refractivity contribution in [2.45, 2.75) is 72.6 Å². The molecule has 0 fully saturated rings. The lowest BCUT2D eigenvalue weighted by atomic mass is 10.00. The van der Waals surface area contributed by atoms with Gasteiger partial charge in [-0.1, -0.05) is 6.07 Å². The maximum absolute atomic E-state index is 13.2. The summed E-state index contributed by atoms with van der Waals surface area (Å²) < 4.78 is 10.0. The van der Waals surface area contributed by atoms with Crippen LogP contribution in [0.1, 0.15) is 65.1 Å². The summed E-state index contributed by atoms with van der Waals surface area (Å²) in [5, 5.41) is 15.0. The molecule has 3 N–H and O–H groups in total. The molecule has 10 nitrogen and oxygen atoms in total. The van der Waals surface area contributed by atoms with Crippen LogP contribution in [0.25, 0.3) is 0 Å². The van der Waals surface area contributed by atoms with Crippen LogP contribution in [0.2, 0.25) is 0 Å². The van der Waals surface area contributed by atoms with Crippen LogP contribution in [0.5, 0.6) is 5.75 Å². The number of phenolic OH excluding ortho intramolecular Hbond substituents is 1. The first-order chi connectivity index (χ1) is 15.8. The minimum atomic E-state index is -1.06. The Morgan fingerprint density at radius 1 is 1.12 bits per heavy atom. The van der Waals surface area contributed by atoms with Crippen molar-refractivity contribution in [3.63, 3.8) is 0 Å². The SMILES string of the molecule is CCOC(=O)CCNC(=O)C(c1ccc(O)c(C)c1)N(C(=O)CNC(=O)OC(C)(C)C)C(C)C. The number of phenols is 1. The minimum Gasteiger partial charge on any atom is -0.508 e. The lowest BCUT2D eigenvalue weighted by Gasteiger charge is -2.35. The predicted octanol–water partition coefficient (Wildman–Crippen LogP) is 2.57. The third-order valence-corrected chi connectivity index (χ3v) is 4.62. The molecule has 1 unspecified atom stereocenters. The molecule has 10 heteroatoms. The van der Waals surface area contributed by atoms with Crippen molar-refractivity contribution in [3.8, 4) is 5.75 Å². The van der Waals surface area contributed by atoms with Crippen molar-refractivity contribution in [1.29, 1.82) is 0 Å². The van der Waals surface area contributed by atoms with E-state index in [1.165, 1.54) is 11.0 Å². The molecule has 0 radical (unpaired) electrons. The van der Waals surface area contributed by atoms with Crippen LogP contribution in [0.3, 0.4) is 0 Å². The zero-order chi connectivity index (χ0) is 26.1. The molecule has 0 aliphatic rings. The van der Waals surface area contributed by atoms with E-state index in [0.29, 0.717) is 11.1 Å². The van der Waals surface area contributed by atoms with Gasteiger partial charge in [-0.2, -0.15) is 0 Å². The number of esters is 1. The first-order valence-corrected chi connectivity index (χ1v) is 11.3. The van der Waals surface area contributed by atoms with Gasteiger partial charge >= 0.3 is 12.1 Å². The second-order valence-corrected chi connectivity index (χ2v) is 9.04. The number of nitrogens with zero attached hydrogens (tertiary/aromatic N) is 1. The summed E-state index contributed by atoms with van der Waals surface area (Å²) >= 11 is 0. The summed E-state index contributed by atoms with van der Waals surface area (Å²) in [5.74, 6) is -1.40. The number of alkyl carbamates (subject to hydrolysis) is 1. The molecule has 0 heterocycles. The fraction of sp³-hybridized carbons (Fsp3) is 0.583. The molecule has 1 atom stereocenters. The lowest BCUT2D eigenvalue weighted by Crippen LogP contribution is -2.50. The summed E-state index contributed by atoms with van der Waals surface area (Å²) in [6, 6.07) is 3.15. The normalized spacial score (nSPS) is 12.0. The molecule has 0 aliphatic heterocycles. The van der Waals surface area contributed by atoms with E-state index in [1.54, 1.807) is 60.6 Å². The molecular weight excluding hydrogens is 442 g/mol. The molecule has 0 aromatic heterocycles. The van der Waals surface area contributed by atoms with Gasteiger partial charge in [-0.05, 0) is 71.7 Å². The summed E-state index contributed by atoms with van der Waals surface area (Å²) in [4.78, 5) is 51.4. The molecule has 3 amide bonds. The fourth-order valence-electron chi connectivity index (χ4n) is 3.19. The second kappa shape index (κ2) is 12.8. The van der Waals surface area contributed by atoms with Gasteiger partial charge in [-0.25, -0.2) is 4.79 Å². The van der Waals surface area contributed by atoms with Gasteiger partial charge in [-0.3, -0.25) is 14.4 Å². The fourth-order valence-corrected chi connectivity index (χ4v) is 3.19. The van der Waals surface area contributed by atoms with Gasteiger partial charge in [0.1, 0.15) is 23.9 Å². The highest BCUT2D eigenvalue weighted by Crippen LogP contribution is 2.28. The van der Waals surface area contributed by atoms with E-state index in [0.717, 1.165) is 0 Å². The van der Waals surface area contributed by atoms with Crippen molar-refractivity contribution < 1.29 is 33.8 Å². The van der Waals surface area contributed by atoms with E-state index in [9.17, 15) is 24.3 Å². The average Bonchev–Trinajstić information content (AvgIpc) is 2.71. The lowest BCUT2D eigenvalue weighted by molar-refractivity contribution is -0.144. The van der Waals surface area contributed by atoms with Crippen LogP contribution < -0.4 is 10.6 Å². The number of hydrogen-bond acceptors (Lipinski definition) is 7. The van der Waals surface area contributed by atoms with Crippen molar-refractivity contribution in [1.82, 2.24) is 15.5 Å². The summed E-state index contributed by atoms with van der Waals surface area (Å²) in [6.07, 6.45) is -0.767. The Morgan fingerprint density at radius 2 is 1.76 bits per heavy atom. The second-order valence-electron chi connectivity index (χ2n) is 9.04. The highest BCUT2D eigenvalue weighted by Gasteiger charge is 2.34.